The van der Waals surface area contributed by atoms with Gasteiger partial charge < -0.3 is 29.1 Å². The predicted octanol–water partition coefficient (Wildman–Crippen LogP) is 0.358. The summed E-state index contributed by atoms with van der Waals surface area (Å²) in [5, 5.41) is 17.5. The minimum atomic E-state index is -0.974. The fourth-order valence-corrected chi connectivity index (χ4v) is 2.76. The van der Waals surface area contributed by atoms with Crippen LogP contribution in [-0.4, -0.2) is 79.4 Å². The van der Waals surface area contributed by atoms with Crippen molar-refractivity contribution in [1.82, 2.24) is 10.4 Å². The van der Waals surface area contributed by atoms with Crippen molar-refractivity contribution in [3.63, 3.8) is 0 Å². The van der Waals surface area contributed by atoms with E-state index in [-0.39, 0.29) is 32.3 Å². The molecule has 1 rings (SSSR count). The van der Waals surface area contributed by atoms with Crippen LogP contribution in [0.3, 0.4) is 0 Å². The number of rotatable bonds is 11. The van der Waals surface area contributed by atoms with Gasteiger partial charge in [-0.2, -0.15) is 0 Å². The molecular formula is C18H31N3O7. The maximum absolute atomic E-state index is 12.0. The predicted molar refractivity (Wildman–Crippen MR) is 100 cm³/mol. The summed E-state index contributed by atoms with van der Waals surface area (Å²) in [5.74, 6) is -2.15. The summed E-state index contributed by atoms with van der Waals surface area (Å²) >= 11 is 0. The molecule has 0 unspecified atom stereocenters. The number of piperidine rings is 1. The molecule has 0 bridgehead atoms. The van der Waals surface area contributed by atoms with Crippen molar-refractivity contribution in [3.05, 3.63) is 11.8 Å². The van der Waals surface area contributed by atoms with Gasteiger partial charge in [-0.05, 0) is 33.2 Å². The van der Waals surface area contributed by atoms with Crippen LogP contribution in [-0.2, 0) is 28.6 Å². The fourth-order valence-electron chi connectivity index (χ4n) is 2.76. The maximum atomic E-state index is 12.0. The van der Waals surface area contributed by atoms with Gasteiger partial charge in [0.15, 0.2) is 5.84 Å². The molecule has 1 aliphatic heterocycles. The van der Waals surface area contributed by atoms with Gasteiger partial charge in [0, 0.05) is 13.1 Å². The molecule has 0 aliphatic carbocycles. The maximum Gasteiger partial charge on any atom is 0.377 e. The Labute approximate surface area is 165 Å². The summed E-state index contributed by atoms with van der Waals surface area (Å²) in [4.78, 5) is 31.1. The van der Waals surface area contributed by atoms with Crippen LogP contribution in [0.25, 0.3) is 0 Å². The van der Waals surface area contributed by atoms with Gasteiger partial charge in [0.1, 0.15) is 5.60 Å². The number of hydrogen-bond donors (Lipinski definition) is 3. The largest absolute Gasteiger partial charge is 0.463 e. The number of aliphatic hydroxyl groups is 1. The van der Waals surface area contributed by atoms with Crippen molar-refractivity contribution in [2.45, 2.75) is 39.2 Å². The molecular weight excluding hydrogens is 370 g/mol. The Balaban J connectivity index is 2.85. The summed E-state index contributed by atoms with van der Waals surface area (Å²) in [6, 6.07) is 0. The van der Waals surface area contributed by atoms with Crippen molar-refractivity contribution in [2.75, 3.05) is 46.1 Å². The first-order valence-electron chi connectivity index (χ1n) is 9.47. The number of carbonyl (C=O) groups excluding carboxylic acids is 2. The smallest absolute Gasteiger partial charge is 0.377 e. The number of nitrogens with zero attached hydrogens (tertiary/aromatic N) is 1. The highest BCUT2D eigenvalue weighted by molar-refractivity contribution is 5.95. The number of nitrogens with one attached hydrogen (secondary N) is 2. The molecule has 1 heterocycles. The molecule has 0 saturated carbocycles. The molecule has 0 atom stereocenters. The lowest BCUT2D eigenvalue weighted by Gasteiger charge is -2.41. The number of esters is 2. The van der Waals surface area contributed by atoms with Crippen LogP contribution in [0.5, 0.6) is 0 Å². The molecule has 1 saturated heterocycles. The SMILES string of the molecule is CCOC(=O)C=C(ONC(=N)C1(OCCO)CCN(CC)CC1)C(=O)OCC. The highest BCUT2D eigenvalue weighted by Crippen LogP contribution is 2.27. The van der Waals surface area contributed by atoms with E-state index in [1.807, 2.05) is 0 Å². The minimum absolute atomic E-state index is 0.0690. The fraction of sp³-hybridized carbons (Fsp3) is 0.722. The molecule has 0 aromatic heterocycles. The summed E-state index contributed by atoms with van der Waals surface area (Å²) in [6.45, 7) is 7.76. The third-order valence-corrected chi connectivity index (χ3v) is 4.31. The van der Waals surface area contributed by atoms with Crippen LogP contribution in [0, 0.1) is 5.41 Å². The molecule has 28 heavy (non-hydrogen) atoms. The molecule has 10 heteroatoms. The quantitative estimate of drug-likeness (QED) is 0.112. The highest BCUT2D eigenvalue weighted by Gasteiger charge is 2.40. The number of likely N-dealkylation sites (tertiary alicyclic amines) is 1. The van der Waals surface area contributed by atoms with Crippen LogP contribution in [0.1, 0.15) is 33.6 Å². The summed E-state index contributed by atoms with van der Waals surface area (Å²) in [7, 11) is 0. The Morgan fingerprint density at radius 1 is 1.18 bits per heavy atom. The Hall–Kier alpha value is -2.17. The van der Waals surface area contributed by atoms with Crippen LogP contribution >= 0.6 is 0 Å². The first-order chi connectivity index (χ1) is 13.4. The summed E-state index contributed by atoms with van der Waals surface area (Å²) in [5.41, 5.74) is 1.43. The Morgan fingerprint density at radius 3 is 2.36 bits per heavy atom. The molecule has 1 aliphatic rings. The lowest BCUT2D eigenvalue weighted by atomic mass is 9.90. The highest BCUT2D eigenvalue weighted by atomic mass is 16.7. The zero-order valence-electron chi connectivity index (χ0n) is 16.8. The van der Waals surface area contributed by atoms with E-state index in [9.17, 15) is 9.59 Å². The number of hydrogen-bond acceptors (Lipinski definition) is 9. The van der Waals surface area contributed by atoms with Gasteiger partial charge in [0.25, 0.3) is 0 Å². The topological polar surface area (TPSA) is 130 Å². The van der Waals surface area contributed by atoms with E-state index >= 15 is 0 Å². The lowest BCUT2D eigenvalue weighted by molar-refractivity contribution is -0.145. The van der Waals surface area contributed by atoms with Crippen LogP contribution in [0.2, 0.25) is 0 Å². The van der Waals surface area contributed by atoms with Crippen molar-refractivity contribution >= 4 is 17.8 Å². The van der Waals surface area contributed by atoms with Crippen molar-refractivity contribution in [1.29, 1.82) is 5.41 Å². The van der Waals surface area contributed by atoms with Gasteiger partial charge in [0.05, 0.1) is 32.5 Å². The third kappa shape index (κ3) is 7.10. The molecule has 1 fully saturated rings. The number of ether oxygens (including phenoxy) is 3. The van der Waals surface area contributed by atoms with Gasteiger partial charge in [-0.3, -0.25) is 5.41 Å². The monoisotopic (exact) mass is 401 g/mol. The molecule has 3 N–H and O–H groups in total. The van der Waals surface area contributed by atoms with Crippen molar-refractivity contribution < 1.29 is 33.7 Å². The molecule has 0 radical (unpaired) electrons. The second kappa shape index (κ2) is 12.3. The van der Waals surface area contributed by atoms with Crippen molar-refractivity contribution in [3.8, 4) is 0 Å². The second-order valence-corrected chi connectivity index (χ2v) is 6.06. The van der Waals surface area contributed by atoms with Crippen LogP contribution in [0.15, 0.2) is 11.8 Å². The zero-order valence-corrected chi connectivity index (χ0v) is 16.8. The molecule has 0 aromatic rings. The molecule has 0 amide bonds. The average Bonchev–Trinajstić information content (AvgIpc) is 2.70. The Bertz CT molecular complexity index is 557. The second-order valence-electron chi connectivity index (χ2n) is 6.06. The van der Waals surface area contributed by atoms with Gasteiger partial charge in [-0.15, -0.1) is 0 Å². The average molecular weight is 401 g/mol. The zero-order chi connectivity index (χ0) is 21.0. The van der Waals surface area contributed by atoms with Gasteiger partial charge in [-0.1, -0.05) is 6.92 Å². The Morgan fingerprint density at radius 2 is 1.82 bits per heavy atom. The first-order valence-corrected chi connectivity index (χ1v) is 9.47. The summed E-state index contributed by atoms with van der Waals surface area (Å²) < 4.78 is 15.4. The minimum Gasteiger partial charge on any atom is -0.463 e. The van der Waals surface area contributed by atoms with Crippen molar-refractivity contribution in [2.24, 2.45) is 0 Å². The number of amidine groups is 1. The van der Waals surface area contributed by atoms with Gasteiger partial charge >= 0.3 is 11.9 Å². The molecule has 160 valence electrons. The van der Waals surface area contributed by atoms with E-state index in [1.54, 1.807) is 13.8 Å². The van der Waals surface area contributed by atoms with Gasteiger partial charge in [-0.25, -0.2) is 15.1 Å². The van der Waals surface area contributed by atoms with Gasteiger partial charge in [0.2, 0.25) is 5.76 Å². The molecule has 0 spiro atoms. The van der Waals surface area contributed by atoms with E-state index < -0.39 is 23.3 Å². The van der Waals surface area contributed by atoms with E-state index in [1.165, 1.54) is 0 Å². The summed E-state index contributed by atoms with van der Waals surface area (Å²) in [6.07, 6.45) is 1.90. The number of hydroxylamine groups is 1. The first kappa shape index (κ1) is 23.9. The van der Waals surface area contributed by atoms with Crippen LogP contribution < -0.4 is 5.48 Å². The molecule has 0 aromatic carbocycles. The van der Waals surface area contributed by atoms with E-state index in [0.717, 1.165) is 25.7 Å². The Kier molecular flexibility index (Phi) is 10.5. The third-order valence-electron chi connectivity index (χ3n) is 4.31. The van der Waals surface area contributed by atoms with E-state index in [0.29, 0.717) is 12.8 Å². The lowest BCUT2D eigenvalue weighted by Crippen LogP contribution is -2.55. The van der Waals surface area contributed by atoms with E-state index in [4.69, 9.17) is 29.6 Å². The normalized spacial score (nSPS) is 16.9. The van der Waals surface area contributed by atoms with E-state index in [2.05, 4.69) is 17.3 Å². The van der Waals surface area contributed by atoms with Crippen LogP contribution in [0.4, 0.5) is 0 Å². The standard InChI is InChI=1S/C18H31N3O7/c1-4-21-9-7-18(8-10-21,27-12-11-22)17(19)20-28-14(16(24)26-6-3)13-15(23)25-5-2/h13,22H,4-12H2,1-3H3,(H2,19,20). The number of aliphatic hydroxyl groups excluding tert-OH is 1. The molecule has 10 nitrogen and oxygen atoms in total. The number of carbonyl (C=O) groups is 2.